The van der Waals surface area contributed by atoms with Crippen LogP contribution in [-0.2, 0) is 0 Å². The molecule has 5 nitrogen and oxygen atoms in total. The predicted molar refractivity (Wildman–Crippen MR) is 62.6 cm³/mol. The topological polar surface area (TPSA) is 63.6 Å². The smallest absolute Gasteiger partial charge is 0.269 e. The van der Waals surface area contributed by atoms with Crippen molar-refractivity contribution in [1.82, 2.24) is 20.0 Å². The van der Waals surface area contributed by atoms with E-state index >= 15 is 0 Å². The Morgan fingerprint density at radius 2 is 2.00 bits per heavy atom. The number of H-pyrrole nitrogens is 1. The molecule has 86 valence electrons. The third-order valence-corrected chi connectivity index (χ3v) is 2.53. The van der Waals surface area contributed by atoms with Crippen LogP contribution in [0.4, 0.5) is 0 Å². The van der Waals surface area contributed by atoms with Crippen LogP contribution in [0.1, 0.15) is 45.3 Å². The number of aromatic nitrogens is 4. The van der Waals surface area contributed by atoms with Crippen molar-refractivity contribution in [3.8, 4) is 0 Å². The summed E-state index contributed by atoms with van der Waals surface area (Å²) in [6.07, 6.45) is 0. The lowest BCUT2D eigenvalue weighted by atomic mass is 10.1. The van der Waals surface area contributed by atoms with E-state index < -0.39 is 0 Å². The highest BCUT2D eigenvalue weighted by atomic mass is 16.1. The molecule has 0 atom stereocenters. The Balaban J connectivity index is 2.74. The maximum absolute atomic E-state index is 11.7. The van der Waals surface area contributed by atoms with Crippen molar-refractivity contribution in [2.75, 3.05) is 0 Å². The van der Waals surface area contributed by atoms with E-state index in [0.717, 1.165) is 11.2 Å². The van der Waals surface area contributed by atoms with E-state index in [9.17, 15) is 4.79 Å². The molecular weight excluding hydrogens is 204 g/mol. The molecule has 0 aliphatic carbocycles. The molecule has 0 saturated carbocycles. The lowest BCUT2D eigenvalue weighted by Crippen LogP contribution is -2.23. The largest absolute Gasteiger partial charge is 0.276 e. The van der Waals surface area contributed by atoms with Gasteiger partial charge in [-0.15, -0.1) is 0 Å². The fourth-order valence-electron chi connectivity index (χ4n) is 1.69. The van der Waals surface area contributed by atoms with E-state index in [4.69, 9.17) is 0 Å². The van der Waals surface area contributed by atoms with Gasteiger partial charge in [0.1, 0.15) is 5.52 Å². The van der Waals surface area contributed by atoms with Crippen LogP contribution in [-0.4, -0.2) is 20.0 Å². The first-order valence-corrected chi connectivity index (χ1v) is 5.48. The number of nitrogens with one attached hydrogen (secondary N) is 1. The Hall–Kier alpha value is -1.65. The average molecular weight is 220 g/mol. The summed E-state index contributed by atoms with van der Waals surface area (Å²) in [4.78, 5) is 11.7. The number of hydrogen-bond donors (Lipinski definition) is 1. The summed E-state index contributed by atoms with van der Waals surface area (Å²) in [5, 5.41) is 11.4. The standard InChI is InChI=1S/C11H16N4O/c1-6(2)10-11-8(12-13-10)5-9(16)15(14-11)7(3)4/h5-7,12H,1-4H3. The average Bonchev–Trinajstić information content (AvgIpc) is 2.58. The minimum atomic E-state index is -0.0959. The lowest BCUT2D eigenvalue weighted by molar-refractivity contribution is 0.510. The van der Waals surface area contributed by atoms with Gasteiger partial charge in [-0.1, -0.05) is 13.8 Å². The molecule has 0 amide bonds. The highest BCUT2D eigenvalue weighted by molar-refractivity contribution is 5.76. The van der Waals surface area contributed by atoms with Crippen LogP contribution >= 0.6 is 0 Å². The maximum Gasteiger partial charge on any atom is 0.269 e. The Kier molecular flexibility index (Phi) is 2.53. The van der Waals surface area contributed by atoms with Crippen LogP contribution in [0.15, 0.2) is 10.9 Å². The van der Waals surface area contributed by atoms with E-state index in [1.165, 1.54) is 4.68 Å². The molecule has 0 radical (unpaired) electrons. The van der Waals surface area contributed by atoms with E-state index in [0.29, 0.717) is 11.4 Å². The van der Waals surface area contributed by atoms with E-state index in [1.54, 1.807) is 6.07 Å². The summed E-state index contributed by atoms with van der Waals surface area (Å²) < 4.78 is 1.49. The summed E-state index contributed by atoms with van der Waals surface area (Å²) in [7, 11) is 0. The molecule has 2 aromatic heterocycles. The highest BCUT2D eigenvalue weighted by Crippen LogP contribution is 2.19. The molecule has 0 bridgehead atoms. The molecule has 2 aromatic rings. The zero-order chi connectivity index (χ0) is 11.9. The van der Waals surface area contributed by atoms with Crippen LogP contribution < -0.4 is 5.56 Å². The molecule has 16 heavy (non-hydrogen) atoms. The van der Waals surface area contributed by atoms with Crippen LogP contribution in [0.25, 0.3) is 11.0 Å². The second-order valence-corrected chi connectivity index (χ2v) is 4.55. The van der Waals surface area contributed by atoms with Crippen LogP contribution in [0.2, 0.25) is 0 Å². The lowest BCUT2D eigenvalue weighted by Gasteiger charge is -2.08. The van der Waals surface area contributed by atoms with Gasteiger partial charge in [0.05, 0.1) is 17.3 Å². The van der Waals surface area contributed by atoms with Crippen LogP contribution in [0.5, 0.6) is 0 Å². The first-order chi connectivity index (χ1) is 7.50. The fraction of sp³-hybridized carbons (Fsp3) is 0.545. The van der Waals surface area contributed by atoms with Gasteiger partial charge in [-0.25, -0.2) is 4.68 Å². The predicted octanol–water partition coefficient (Wildman–Crippen LogP) is 1.82. The Labute approximate surface area is 93.5 Å². The Morgan fingerprint density at radius 3 is 2.56 bits per heavy atom. The molecule has 0 saturated heterocycles. The van der Waals surface area contributed by atoms with E-state index in [-0.39, 0.29) is 11.6 Å². The molecular formula is C11H16N4O. The quantitative estimate of drug-likeness (QED) is 0.839. The van der Waals surface area contributed by atoms with Crippen molar-refractivity contribution in [2.45, 2.75) is 39.7 Å². The molecule has 0 aromatic carbocycles. The molecule has 5 heteroatoms. The molecule has 0 aliphatic rings. The molecule has 0 aliphatic heterocycles. The summed E-state index contributed by atoms with van der Waals surface area (Å²) in [6, 6.07) is 1.62. The van der Waals surface area contributed by atoms with Crippen molar-refractivity contribution in [3.63, 3.8) is 0 Å². The van der Waals surface area contributed by atoms with E-state index in [1.807, 2.05) is 13.8 Å². The minimum absolute atomic E-state index is 0.0619. The third kappa shape index (κ3) is 1.62. The Bertz CT molecular complexity index is 565. The van der Waals surface area contributed by atoms with Gasteiger partial charge in [0.25, 0.3) is 5.56 Å². The van der Waals surface area contributed by atoms with Crippen molar-refractivity contribution >= 4 is 11.0 Å². The third-order valence-electron chi connectivity index (χ3n) is 2.53. The number of aromatic amines is 1. The summed E-state index contributed by atoms with van der Waals surface area (Å²) in [6.45, 7) is 7.99. The highest BCUT2D eigenvalue weighted by Gasteiger charge is 2.13. The van der Waals surface area contributed by atoms with Crippen LogP contribution in [0.3, 0.4) is 0 Å². The van der Waals surface area contributed by atoms with Gasteiger partial charge in [0, 0.05) is 6.07 Å². The molecule has 2 heterocycles. The van der Waals surface area contributed by atoms with Crippen molar-refractivity contribution in [1.29, 1.82) is 0 Å². The van der Waals surface area contributed by atoms with Gasteiger partial charge in [-0.05, 0) is 19.8 Å². The van der Waals surface area contributed by atoms with Crippen molar-refractivity contribution in [3.05, 3.63) is 22.1 Å². The maximum atomic E-state index is 11.7. The molecule has 0 spiro atoms. The van der Waals surface area contributed by atoms with Gasteiger partial charge < -0.3 is 0 Å². The SMILES string of the molecule is CC(C)c1n[nH]c2cc(=O)n(C(C)C)nc12. The summed E-state index contributed by atoms with van der Waals surface area (Å²) >= 11 is 0. The monoisotopic (exact) mass is 220 g/mol. The number of hydrogen-bond acceptors (Lipinski definition) is 3. The van der Waals surface area contributed by atoms with E-state index in [2.05, 4.69) is 29.1 Å². The first-order valence-electron chi connectivity index (χ1n) is 5.48. The normalized spacial score (nSPS) is 11.9. The second kappa shape index (κ2) is 3.73. The van der Waals surface area contributed by atoms with Gasteiger partial charge >= 0.3 is 0 Å². The van der Waals surface area contributed by atoms with Gasteiger partial charge in [0.15, 0.2) is 0 Å². The minimum Gasteiger partial charge on any atom is -0.276 e. The first kappa shape index (κ1) is 10.9. The van der Waals surface area contributed by atoms with Gasteiger partial charge in [-0.2, -0.15) is 10.2 Å². The van der Waals surface area contributed by atoms with Gasteiger partial charge in [0.2, 0.25) is 0 Å². The molecule has 0 unspecified atom stereocenters. The fourth-order valence-corrected chi connectivity index (χ4v) is 1.69. The number of nitrogens with zero attached hydrogens (tertiary/aromatic N) is 3. The zero-order valence-electron chi connectivity index (χ0n) is 9.98. The van der Waals surface area contributed by atoms with Crippen molar-refractivity contribution in [2.24, 2.45) is 0 Å². The zero-order valence-corrected chi connectivity index (χ0v) is 9.98. The number of fused-ring (bicyclic) bond motifs is 1. The molecule has 1 N–H and O–H groups in total. The summed E-state index contributed by atoms with van der Waals surface area (Å²) in [5.41, 5.74) is 2.32. The molecule has 0 fully saturated rings. The number of rotatable bonds is 2. The van der Waals surface area contributed by atoms with Crippen molar-refractivity contribution < 1.29 is 0 Å². The molecule has 2 rings (SSSR count). The summed E-state index contributed by atoms with van der Waals surface area (Å²) in [5.74, 6) is 0.291. The Morgan fingerprint density at radius 1 is 1.31 bits per heavy atom. The van der Waals surface area contributed by atoms with Gasteiger partial charge in [-0.3, -0.25) is 9.89 Å². The van der Waals surface area contributed by atoms with Crippen LogP contribution in [0, 0.1) is 0 Å². The second-order valence-electron chi connectivity index (χ2n) is 4.55.